The van der Waals surface area contributed by atoms with E-state index in [1.165, 1.54) is 4.57 Å². The predicted molar refractivity (Wildman–Crippen MR) is 195 cm³/mol. The number of benzene rings is 3. The monoisotopic (exact) mass is 661 g/mol. The van der Waals surface area contributed by atoms with Crippen LogP contribution < -0.4 is 21.5 Å². The van der Waals surface area contributed by atoms with Gasteiger partial charge < -0.3 is 30.5 Å². The van der Waals surface area contributed by atoms with E-state index in [9.17, 15) is 24.3 Å². The first-order chi connectivity index (χ1) is 23.2. The maximum atomic E-state index is 13.4. The molecule has 10 nitrogen and oxygen atoms in total. The van der Waals surface area contributed by atoms with Crippen LogP contribution in [0.25, 0.3) is 11.1 Å². The van der Waals surface area contributed by atoms with Gasteiger partial charge in [0, 0.05) is 48.8 Å². The molecule has 1 aliphatic heterocycles. The molecule has 0 bridgehead atoms. The van der Waals surface area contributed by atoms with Crippen LogP contribution in [0.15, 0.2) is 90.4 Å². The molecule has 0 atom stereocenters. The molecule has 4 N–H and O–H groups in total. The molecule has 0 radical (unpaired) electrons. The summed E-state index contributed by atoms with van der Waals surface area (Å²) in [5.74, 6) is -0.967. The van der Waals surface area contributed by atoms with Gasteiger partial charge in [-0.25, -0.2) is 0 Å². The number of amides is 3. The van der Waals surface area contributed by atoms with Crippen LogP contribution in [0.1, 0.15) is 65.5 Å². The van der Waals surface area contributed by atoms with Gasteiger partial charge in [-0.2, -0.15) is 0 Å². The third-order valence-electron chi connectivity index (χ3n) is 8.81. The van der Waals surface area contributed by atoms with E-state index in [0.717, 1.165) is 28.3 Å². The first-order valence-corrected chi connectivity index (χ1v) is 16.3. The Hall–Kier alpha value is -5.48. The van der Waals surface area contributed by atoms with Gasteiger partial charge in [0.25, 0.3) is 17.4 Å². The van der Waals surface area contributed by atoms with E-state index in [-0.39, 0.29) is 34.2 Å². The van der Waals surface area contributed by atoms with Gasteiger partial charge in [0.2, 0.25) is 5.91 Å². The van der Waals surface area contributed by atoms with Crippen LogP contribution in [0.2, 0.25) is 0 Å². The van der Waals surface area contributed by atoms with Crippen molar-refractivity contribution in [3.8, 4) is 11.1 Å². The van der Waals surface area contributed by atoms with Crippen molar-refractivity contribution in [3.05, 3.63) is 118 Å². The Balaban J connectivity index is 1.42. The van der Waals surface area contributed by atoms with Crippen LogP contribution in [0.3, 0.4) is 0 Å². The zero-order chi connectivity index (χ0) is 35.5. The van der Waals surface area contributed by atoms with Crippen LogP contribution in [0.5, 0.6) is 0 Å². The average Bonchev–Trinajstić information content (AvgIpc) is 3.07. The SMILES string of the molecule is C=CC(=O)Nc1cc(Nc2cc(-c3cccc(NC(=O)c4ccc(C(C)(C)C)cc4)c3C)cn(C)c2=O)ccc1C(=O)N1CCC(O)CC1. The third-order valence-corrected chi connectivity index (χ3v) is 8.81. The van der Waals surface area contributed by atoms with Crippen LogP contribution in [-0.4, -0.2) is 51.5 Å². The fourth-order valence-corrected chi connectivity index (χ4v) is 5.84. The Bertz CT molecular complexity index is 1970. The number of rotatable bonds is 8. The van der Waals surface area contributed by atoms with E-state index in [1.807, 2.05) is 49.4 Å². The minimum absolute atomic E-state index is 0.0193. The quantitative estimate of drug-likeness (QED) is 0.162. The Morgan fingerprint density at radius 1 is 0.918 bits per heavy atom. The lowest BCUT2D eigenvalue weighted by Crippen LogP contribution is -2.40. The number of anilines is 4. The molecule has 49 heavy (non-hydrogen) atoms. The lowest BCUT2D eigenvalue weighted by molar-refractivity contribution is -0.111. The Morgan fingerprint density at radius 3 is 2.27 bits per heavy atom. The second-order valence-corrected chi connectivity index (χ2v) is 13.4. The summed E-state index contributed by atoms with van der Waals surface area (Å²) in [5, 5.41) is 18.8. The van der Waals surface area contributed by atoms with Gasteiger partial charge in [0.05, 0.1) is 17.4 Å². The number of hydrogen-bond acceptors (Lipinski definition) is 6. The summed E-state index contributed by atoms with van der Waals surface area (Å²) in [6.07, 6.45) is 3.39. The summed E-state index contributed by atoms with van der Waals surface area (Å²) >= 11 is 0. The van der Waals surface area contributed by atoms with E-state index in [4.69, 9.17) is 0 Å². The van der Waals surface area contributed by atoms with Gasteiger partial charge in [0.1, 0.15) is 5.69 Å². The number of piperidine rings is 1. The van der Waals surface area contributed by atoms with E-state index in [1.54, 1.807) is 42.4 Å². The van der Waals surface area contributed by atoms with Crippen molar-refractivity contribution in [2.45, 2.75) is 52.1 Å². The number of aliphatic hydroxyl groups excluding tert-OH is 1. The molecule has 254 valence electrons. The highest BCUT2D eigenvalue weighted by atomic mass is 16.3. The van der Waals surface area contributed by atoms with Crippen molar-refractivity contribution >= 4 is 40.5 Å². The molecular formula is C39H43N5O5. The summed E-state index contributed by atoms with van der Waals surface area (Å²) < 4.78 is 1.47. The van der Waals surface area contributed by atoms with Crippen molar-refractivity contribution in [2.75, 3.05) is 29.0 Å². The van der Waals surface area contributed by atoms with Crippen molar-refractivity contribution in [1.29, 1.82) is 0 Å². The van der Waals surface area contributed by atoms with Gasteiger partial charge in [-0.1, -0.05) is 51.6 Å². The van der Waals surface area contributed by atoms with Crippen LogP contribution in [-0.2, 0) is 17.3 Å². The molecule has 5 rings (SSSR count). The number of likely N-dealkylation sites (tertiary alicyclic amines) is 1. The maximum Gasteiger partial charge on any atom is 0.274 e. The lowest BCUT2D eigenvalue weighted by atomic mass is 9.86. The Labute approximate surface area is 286 Å². The van der Waals surface area contributed by atoms with Gasteiger partial charge in [-0.15, -0.1) is 0 Å². The first-order valence-electron chi connectivity index (χ1n) is 16.3. The van der Waals surface area contributed by atoms with Crippen LogP contribution in [0, 0.1) is 6.92 Å². The number of nitrogens with one attached hydrogen (secondary N) is 3. The number of pyridine rings is 1. The second-order valence-electron chi connectivity index (χ2n) is 13.4. The summed E-state index contributed by atoms with van der Waals surface area (Å²) in [6, 6.07) is 19.9. The first kappa shape index (κ1) is 34.8. The van der Waals surface area contributed by atoms with Crippen LogP contribution in [0.4, 0.5) is 22.7 Å². The number of aryl methyl sites for hydroxylation is 1. The molecule has 0 unspecified atom stereocenters. The highest BCUT2D eigenvalue weighted by Gasteiger charge is 2.25. The summed E-state index contributed by atoms with van der Waals surface area (Å²) in [6.45, 7) is 12.6. The number of carbonyl (C=O) groups is 3. The zero-order valence-corrected chi connectivity index (χ0v) is 28.6. The topological polar surface area (TPSA) is 133 Å². The van der Waals surface area contributed by atoms with Gasteiger partial charge in [-0.3, -0.25) is 19.2 Å². The normalized spacial score (nSPS) is 13.5. The molecule has 0 saturated carbocycles. The highest BCUT2D eigenvalue weighted by Crippen LogP contribution is 2.31. The Kier molecular flexibility index (Phi) is 10.2. The average molecular weight is 662 g/mol. The largest absolute Gasteiger partial charge is 0.393 e. The summed E-state index contributed by atoms with van der Waals surface area (Å²) in [4.78, 5) is 53.8. The molecule has 1 aromatic heterocycles. The molecular weight excluding hydrogens is 618 g/mol. The molecule has 10 heteroatoms. The van der Waals surface area contributed by atoms with Crippen molar-refractivity contribution in [1.82, 2.24) is 9.47 Å². The number of carbonyl (C=O) groups excluding carboxylic acids is 3. The van der Waals surface area contributed by atoms with Crippen molar-refractivity contribution in [2.24, 2.45) is 7.05 Å². The molecule has 1 fully saturated rings. The molecule has 3 aromatic carbocycles. The van der Waals surface area contributed by atoms with E-state index < -0.39 is 12.0 Å². The number of aliphatic hydroxyl groups is 1. The van der Waals surface area contributed by atoms with E-state index in [0.29, 0.717) is 48.4 Å². The fourth-order valence-electron chi connectivity index (χ4n) is 5.84. The summed E-state index contributed by atoms with van der Waals surface area (Å²) in [5.41, 5.74) is 5.75. The van der Waals surface area contributed by atoms with Gasteiger partial charge in [-0.05, 0) is 90.4 Å². The van der Waals surface area contributed by atoms with E-state index in [2.05, 4.69) is 43.3 Å². The maximum absolute atomic E-state index is 13.4. The zero-order valence-electron chi connectivity index (χ0n) is 28.6. The second kappa shape index (κ2) is 14.3. The molecule has 2 heterocycles. The smallest absolute Gasteiger partial charge is 0.274 e. The minimum Gasteiger partial charge on any atom is -0.393 e. The van der Waals surface area contributed by atoms with Crippen molar-refractivity contribution in [3.63, 3.8) is 0 Å². The Morgan fingerprint density at radius 2 is 1.61 bits per heavy atom. The molecule has 1 aliphatic rings. The van der Waals surface area contributed by atoms with Gasteiger partial charge >= 0.3 is 0 Å². The van der Waals surface area contributed by atoms with Crippen molar-refractivity contribution < 1.29 is 19.5 Å². The molecule has 3 amide bonds. The summed E-state index contributed by atoms with van der Waals surface area (Å²) in [7, 11) is 1.66. The molecule has 0 aliphatic carbocycles. The number of aromatic nitrogens is 1. The standard InChI is InChI=1S/C39H43N5O5/c1-7-35(46)41-33-22-28(15-16-31(33)37(48)44-19-17-29(45)18-20-44)40-34-21-26(23-43(6)38(34)49)30-9-8-10-32(24(30)2)42-36(47)25-11-13-27(14-12-25)39(3,4)5/h7-16,21-23,29,40,45H,1,17-20H2,2-6H3,(H,41,46)(H,42,47). The molecule has 4 aromatic rings. The van der Waals surface area contributed by atoms with Crippen LogP contribution >= 0.6 is 0 Å². The molecule has 0 spiro atoms. The minimum atomic E-state index is -0.484. The lowest BCUT2D eigenvalue weighted by Gasteiger charge is -2.30. The van der Waals surface area contributed by atoms with E-state index >= 15 is 0 Å². The predicted octanol–water partition coefficient (Wildman–Crippen LogP) is 6.38. The number of hydrogen-bond donors (Lipinski definition) is 4. The number of nitrogens with zero attached hydrogens (tertiary/aromatic N) is 2. The fraction of sp³-hybridized carbons (Fsp3) is 0.282. The highest BCUT2D eigenvalue weighted by molar-refractivity contribution is 6.07. The molecule has 1 saturated heterocycles. The third kappa shape index (κ3) is 7.98. The van der Waals surface area contributed by atoms with Gasteiger partial charge in [0.15, 0.2) is 0 Å².